The second-order valence-corrected chi connectivity index (χ2v) is 6.61. The summed E-state index contributed by atoms with van der Waals surface area (Å²) in [6.07, 6.45) is 1.11. The molecule has 0 unspecified atom stereocenters. The molecule has 9 nitrogen and oxygen atoms in total. The van der Waals surface area contributed by atoms with Gasteiger partial charge in [-0.2, -0.15) is 4.98 Å². The molecule has 144 valence electrons. The number of fused-ring (bicyclic) bond motifs is 2. The predicted octanol–water partition coefficient (Wildman–Crippen LogP) is 2.68. The smallest absolute Gasteiger partial charge is 0.415 e. The number of cyclic esters (lactones) is 1. The van der Waals surface area contributed by atoms with Crippen molar-refractivity contribution >= 4 is 40.4 Å². The number of halogens is 1. The maximum atomic E-state index is 12.4. The van der Waals surface area contributed by atoms with Crippen LogP contribution >= 0.6 is 11.6 Å². The van der Waals surface area contributed by atoms with Gasteiger partial charge in [0.15, 0.2) is 0 Å². The molecule has 2 aromatic heterocycles. The lowest BCUT2D eigenvalue weighted by molar-refractivity contribution is 0.143. The number of aromatic amines is 1. The van der Waals surface area contributed by atoms with E-state index in [2.05, 4.69) is 20.3 Å². The van der Waals surface area contributed by atoms with Gasteiger partial charge in [-0.3, -0.25) is 9.69 Å². The van der Waals surface area contributed by atoms with Gasteiger partial charge < -0.3 is 19.8 Å². The summed E-state index contributed by atoms with van der Waals surface area (Å²) in [5, 5.41) is 4.24. The summed E-state index contributed by atoms with van der Waals surface area (Å²) in [7, 11) is 3.09. The van der Waals surface area contributed by atoms with Crippen molar-refractivity contribution in [2.45, 2.75) is 13.2 Å². The van der Waals surface area contributed by atoms with Crippen molar-refractivity contribution in [1.82, 2.24) is 15.0 Å². The van der Waals surface area contributed by atoms with E-state index in [9.17, 15) is 9.59 Å². The summed E-state index contributed by atoms with van der Waals surface area (Å²) in [6.45, 7) is 0.329. The van der Waals surface area contributed by atoms with Crippen LogP contribution in [0.2, 0.25) is 5.02 Å². The van der Waals surface area contributed by atoms with Crippen LogP contribution in [-0.2, 0) is 17.9 Å². The molecule has 0 saturated heterocycles. The number of carbonyl (C=O) groups excluding carboxylic acids is 1. The Kier molecular flexibility index (Phi) is 4.52. The van der Waals surface area contributed by atoms with E-state index in [0.29, 0.717) is 39.2 Å². The number of rotatable bonds is 4. The topological polar surface area (TPSA) is 109 Å². The molecule has 3 heterocycles. The van der Waals surface area contributed by atoms with Gasteiger partial charge in [-0.15, -0.1) is 0 Å². The molecule has 0 fully saturated rings. The standard InChI is InChI=1S/C18H16ClN5O4/c1-24-15-11(8-28-18(24)26)7-21-17(23-15)20-6-10-3-9-4-12(19)14(27-2)5-13(9)22-16(10)25/h3-5,7H,6,8H2,1-2H3,(H,22,25)(H,20,21,23). The largest absolute Gasteiger partial charge is 0.495 e. The van der Waals surface area contributed by atoms with Crippen LogP contribution in [0, 0.1) is 0 Å². The normalized spacial score (nSPS) is 13.2. The van der Waals surface area contributed by atoms with Gasteiger partial charge >= 0.3 is 6.09 Å². The van der Waals surface area contributed by atoms with Crippen molar-refractivity contribution in [2.24, 2.45) is 0 Å². The SMILES string of the molecule is COc1cc2[nH]c(=O)c(CNc3ncc4c(n3)N(C)C(=O)OC4)cc2cc1Cl. The molecule has 10 heteroatoms. The van der Waals surface area contributed by atoms with Gasteiger partial charge in [-0.25, -0.2) is 9.78 Å². The Morgan fingerprint density at radius 3 is 2.96 bits per heavy atom. The minimum Gasteiger partial charge on any atom is -0.495 e. The molecular formula is C18H16ClN5O4. The minimum atomic E-state index is -0.476. The lowest BCUT2D eigenvalue weighted by atomic mass is 10.1. The van der Waals surface area contributed by atoms with Gasteiger partial charge in [0.2, 0.25) is 5.95 Å². The monoisotopic (exact) mass is 401 g/mol. The third kappa shape index (κ3) is 3.20. The Bertz CT molecular complexity index is 1150. The number of nitrogens with zero attached hydrogens (tertiary/aromatic N) is 3. The fourth-order valence-corrected chi connectivity index (χ4v) is 3.16. The number of benzene rings is 1. The molecule has 0 atom stereocenters. The summed E-state index contributed by atoms with van der Waals surface area (Å²) in [5.74, 6) is 1.26. The lowest BCUT2D eigenvalue weighted by Gasteiger charge is -2.24. The summed E-state index contributed by atoms with van der Waals surface area (Å²) < 4.78 is 10.2. The average Bonchev–Trinajstić information content (AvgIpc) is 2.69. The van der Waals surface area contributed by atoms with Gasteiger partial charge in [0.1, 0.15) is 18.2 Å². The van der Waals surface area contributed by atoms with Crippen LogP contribution in [0.5, 0.6) is 5.75 Å². The highest BCUT2D eigenvalue weighted by atomic mass is 35.5. The fraction of sp³-hybridized carbons (Fsp3) is 0.222. The van der Waals surface area contributed by atoms with Crippen LogP contribution in [0.1, 0.15) is 11.1 Å². The number of nitrogens with one attached hydrogen (secondary N) is 2. The van der Waals surface area contributed by atoms with E-state index in [1.54, 1.807) is 31.4 Å². The number of carbonyl (C=O) groups is 1. The first-order valence-electron chi connectivity index (χ1n) is 8.36. The van der Waals surface area contributed by atoms with Crippen LogP contribution in [-0.4, -0.2) is 35.2 Å². The molecule has 1 aliphatic heterocycles. The summed E-state index contributed by atoms with van der Waals surface area (Å²) in [5.41, 5.74) is 1.57. The van der Waals surface area contributed by atoms with Crippen molar-refractivity contribution in [2.75, 3.05) is 24.4 Å². The first-order chi connectivity index (χ1) is 13.5. The van der Waals surface area contributed by atoms with E-state index in [-0.39, 0.29) is 18.7 Å². The zero-order valence-corrected chi connectivity index (χ0v) is 15.8. The number of aromatic nitrogens is 3. The Morgan fingerprint density at radius 1 is 1.36 bits per heavy atom. The van der Waals surface area contributed by atoms with Crippen LogP contribution in [0.15, 0.2) is 29.2 Å². The third-order valence-electron chi connectivity index (χ3n) is 4.41. The van der Waals surface area contributed by atoms with Crippen LogP contribution in [0.25, 0.3) is 10.9 Å². The van der Waals surface area contributed by atoms with Crippen molar-refractivity contribution in [3.63, 3.8) is 0 Å². The van der Waals surface area contributed by atoms with E-state index >= 15 is 0 Å². The van der Waals surface area contributed by atoms with E-state index in [0.717, 1.165) is 5.39 Å². The maximum Gasteiger partial charge on any atom is 0.415 e. The van der Waals surface area contributed by atoms with Gasteiger partial charge in [-0.1, -0.05) is 11.6 Å². The van der Waals surface area contributed by atoms with Gasteiger partial charge in [0.05, 0.1) is 23.2 Å². The zero-order chi connectivity index (χ0) is 19.8. The Hall–Kier alpha value is -3.33. The number of hydrogen-bond acceptors (Lipinski definition) is 7. The van der Waals surface area contributed by atoms with Gasteiger partial charge in [0.25, 0.3) is 5.56 Å². The number of H-pyrrole nitrogens is 1. The van der Waals surface area contributed by atoms with E-state index in [4.69, 9.17) is 21.1 Å². The first kappa shape index (κ1) is 18.1. The number of anilines is 2. The van der Waals surface area contributed by atoms with Crippen molar-refractivity contribution in [3.05, 3.63) is 50.9 Å². The van der Waals surface area contributed by atoms with E-state index < -0.39 is 6.09 Å². The summed E-state index contributed by atoms with van der Waals surface area (Å²) in [4.78, 5) is 36.7. The molecule has 0 saturated carbocycles. The van der Waals surface area contributed by atoms with Crippen molar-refractivity contribution in [1.29, 1.82) is 0 Å². The molecule has 1 amide bonds. The maximum absolute atomic E-state index is 12.4. The lowest BCUT2D eigenvalue weighted by Crippen LogP contribution is -2.33. The Morgan fingerprint density at radius 2 is 2.18 bits per heavy atom. The molecule has 0 aliphatic carbocycles. The molecule has 1 aromatic carbocycles. The third-order valence-corrected chi connectivity index (χ3v) is 4.71. The van der Waals surface area contributed by atoms with Crippen LogP contribution < -0.4 is 20.5 Å². The highest BCUT2D eigenvalue weighted by Crippen LogP contribution is 2.29. The quantitative estimate of drug-likeness (QED) is 0.691. The number of pyridine rings is 1. The van der Waals surface area contributed by atoms with Gasteiger partial charge in [0, 0.05) is 36.8 Å². The second-order valence-electron chi connectivity index (χ2n) is 6.21. The minimum absolute atomic E-state index is 0.132. The van der Waals surface area contributed by atoms with Gasteiger partial charge in [-0.05, 0) is 12.1 Å². The molecule has 4 rings (SSSR count). The Labute approximate surface area is 164 Å². The Balaban J connectivity index is 1.60. The highest BCUT2D eigenvalue weighted by Gasteiger charge is 2.24. The molecule has 0 radical (unpaired) electrons. The summed E-state index contributed by atoms with van der Waals surface area (Å²) >= 11 is 6.17. The molecule has 3 aromatic rings. The van der Waals surface area contributed by atoms with Crippen LogP contribution in [0.3, 0.4) is 0 Å². The molecule has 0 bridgehead atoms. The van der Waals surface area contributed by atoms with E-state index in [1.807, 2.05) is 0 Å². The average molecular weight is 402 g/mol. The molecular weight excluding hydrogens is 386 g/mol. The molecule has 2 N–H and O–H groups in total. The molecule has 0 spiro atoms. The second kappa shape index (κ2) is 7.01. The number of hydrogen-bond donors (Lipinski definition) is 2. The van der Waals surface area contributed by atoms with Crippen LogP contribution in [0.4, 0.5) is 16.6 Å². The highest BCUT2D eigenvalue weighted by molar-refractivity contribution is 6.32. The van der Waals surface area contributed by atoms with E-state index in [1.165, 1.54) is 12.0 Å². The van der Waals surface area contributed by atoms with Crippen molar-refractivity contribution in [3.8, 4) is 5.75 Å². The van der Waals surface area contributed by atoms with Crippen molar-refractivity contribution < 1.29 is 14.3 Å². The number of methoxy groups -OCH3 is 1. The predicted molar refractivity (Wildman–Crippen MR) is 104 cm³/mol. The molecule has 1 aliphatic rings. The zero-order valence-electron chi connectivity index (χ0n) is 15.1. The number of amides is 1. The number of ether oxygens (including phenoxy) is 2. The fourth-order valence-electron chi connectivity index (χ4n) is 2.91. The summed E-state index contributed by atoms with van der Waals surface area (Å²) in [6, 6.07) is 5.15. The first-order valence-corrected chi connectivity index (χ1v) is 8.74. The molecule has 28 heavy (non-hydrogen) atoms.